The monoisotopic (exact) mass is 1310 g/mol. The fourth-order valence-electron chi connectivity index (χ4n) is 6.26. The highest BCUT2D eigenvalue weighted by Crippen LogP contribution is 2.26. The Bertz CT molecular complexity index is 1590. The van der Waals surface area contributed by atoms with Crippen molar-refractivity contribution in [3.8, 4) is 5.75 Å². The van der Waals surface area contributed by atoms with Crippen molar-refractivity contribution in [2.24, 2.45) is 0 Å². The van der Waals surface area contributed by atoms with Crippen molar-refractivity contribution in [2.75, 3.05) is 331 Å². The summed E-state index contributed by atoms with van der Waals surface area (Å²) in [6, 6.07) is 0.0164. The van der Waals surface area contributed by atoms with Gasteiger partial charge in [0, 0.05) is 13.2 Å². The maximum atomic E-state index is 13.6. The van der Waals surface area contributed by atoms with Crippen molar-refractivity contribution in [3.63, 3.8) is 0 Å². The molecular formula is C58H104F4O27. The van der Waals surface area contributed by atoms with E-state index in [4.69, 9.17) is 118 Å². The van der Waals surface area contributed by atoms with Crippen molar-refractivity contribution < 1.29 is 146 Å². The molecule has 0 atom stereocenters. The number of carbonyl (C=O) groups is 1. The normalized spacial score (nSPS) is 11.7. The first-order valence-corrected chi connectivity index (χ1v) is 30.4. The van der Waals surface area contributed by atoms with Gasteiger partial charge in [-0.05, 0) is 0 Å². The van der Waals surface area contributed by atoms with Crippen LogP contribution in [0.25, 0.3) is 0 Å². The van der Waals surface area contributed by atoms with Gasteiger partial charge in [0.25, 0.3) is 0 Å². The molecule has 0 saturated carbocycles. The van der Waals surface area contributed by atoms with Gasteiger partial charge in [0.1, 0.15) is 0 Å². The van der Waals surface area contributed by atoms with Crippen LogP contribution in [0.4, 0.5) is 17.6 Å². The Kier molecular flexibility index (Phi) is 67.6. The second-order valence-corrected chi connectivity index (χ2v) is 17.7. The number of hydrogen-bond acceptors (Lipinski definition) is 27. The molecule has 0 aliphatic heterocycles. The zero-order chi connectivity index (χ0) is 63.9. The third kappa shape index (κ3) is 62.6. The smallest absolute Gasteiger partial charge is 0.313 e. The van der Waals surface area contributed by atoms with Gasteiger partial charge in [0.05, 0.1) is 330 Å². The van der Waals surface area contributed by atoms with E-state index in [1.54, 1.807) is 7.11 Å². The first-order chi connectivity index (χ1) is 44.0. The molecule has 0 saturated heterocycles. The molecule has 0 aliphatic carbocycles. The van der Waals surface area contributed by atoms with E-state index >= 15 is 0 Å². The SMILES string of the molecule is COCCOCCOCCOCCOCCOCCOCCOCCOCCOCCOCCOCCOCCOCCOCCOCCOCCOCCOCCOCCOCCOCCOCCOCCOCCC(=O)Oc1c(F)c(F)cc(F)c1F. The number of carbonyl (C=O) groups excluding carboxylic acids is 1. The molecule has 0 radical (unpaired) electrons. The topological polar surface area (TPSA) is 257 Å². The molecule has 0 N–H and O–H groups in total. The van der Waals surface area contributed by atoms with Crippen LogP contribution in [0.3, 0.4) is 0 Å². The lowest BCUT2D eigenvalue weighted by atomic mass is 10.3. The average Bonchev–Trinajstić information content (AvgIpc) is 3.66. The Balaban J connectivity index is 1.61. The molecule has 1 aromatic rings. The lowest BCUT2D eigenvalue weighted by molar-refractivity contribution is -0.136. The minimum Gasteiger partial charge on any atom is -0.420 e. The highest BCUT2D eigenvalue weighted by atomic mass is 19.2. The molecule has 526 valence electrons. The molecule has 89 heavy (non-hydrogen) atoms. The van der Waals surface area contributed by atoms with Crippen LogP contribution < -0.4 is 4.74 Å². The van der Waals surface area contributed by atoms with E-state index in [9.17, 15) is 22.4 Å². The molecule has 0 bridgehead atoms. The Hall–Kier alpha value is -2.59. The molecule has 0 unspecified atom stereocenters. The van der Waals surface area contributed by atoms with Gasteiger partial charge < -0.3 is 123 Å². The summed E-state index contributed by atoms with van der Waals surface area (Å²) in [5.74, 6) is -9.52. The van der Waals surface area contributed by atoms with Crippen LogP contribution in [0.5, 0.6) is 5.75 Å². The number of ether oxygens (including phenoxy) is 26. The molecule has 1 rings (SSSR count). The Morgan fingerprint density at radius 1 is 0.236 bits per heavy atom. The second-order valence-electron chi connectivity index (χ2n) is 17.7. The molecular weight excluding hydrogens is 1200 g/mol. The summed E-state index contributed by atoms with van der Waals surface area (Å²) in [6.45, 7) is 21.6. The number of esters is 1. The van der Waals surface area contributed by atoms with Gasteiger partial charge >= 0.3 is 5.97 Å². The summed E-state index contributed by atoms with van der Waals surface area (Å²) in [6.07, 6.45) is -0.402. The van der Waals surface area contributed by atoms with Gasteiger partial charge in [-0.1, -0.05) is 0 Å². The van der Waals surface area contributed by atoms with E-state index in [2.05, 4.69) is 4.74 Å². The standard InChI is InChI=1S/C58H104F4O27/c1-64-4-5-66-8-9-68-12-13-70-16-17-72-20-21-74-24-25-76-28-29-78-32-33-80-36-37-82-40-41-84-44-45-86-48-49-88-51-50-87-47-46-85-43-42-83-39-38-81-35-34-79-31-30-77-27-26-75-23-22-73-19-18-71-15-14-69-11-10-67-7-6-65-3-2-55(63)89-58-56(61)53(59)52-54(60)57(58)62/h52H,2-51H2,1H3. The third-order valence-corrected chi connectivity index (χ3v) is 10.7. The first kappa shape index (κ1) is 84.4. The number of methoxy groups -OCH3 is 1. The summed E-state index contributed by atoms with van der Waals surface area (Å²) in [5, 5.41) is 0. The fourth-order valence-corrected chi connectivity index (χ4v) is 6.26. The van der Waals surface area contributed by atoms with Crippen molar-refractivity contribution in [1.29, 1.82) is 0 Å². The van der Waals surface area contributed by atoms with Crippen LogP contribution in [0.1, 0.15) is 6.42 Å². The van der Waals surface area contributed by atoms with E-state index in [1.165, 1.54) is 0 Å². The van der Waals surface area contributed by atoms with E-state index in [0.717, 1.165) is 0 Å². The van der Waals surface area contributed by atoms with E-state index < -0.39 is 41.4 Å². The molecule has 0 fully saturated rings. The zero-order valence-corrected chi connectivity index (χ0v) is 52.5. The Morgan fingerprint density at radius 2 is 0.371 bits per heavy atom. The molecule has 0 aromatic heterocycles. The first-order valence-electron chi connectivity index (χ1n) is 30.4. The highest BCUT2D eigenvalue weighted by molar-refractivity contribution is 5.72. The third-order valence-electron chi connectivity index (χ3n) is 10.7. The molecule has 0 spiro atoms. The zero-order valence-electron chi connectivity index (χ0n) is 52.5. The summed E-state index contributed by atoms with van der Waals surface area (Å²) in [5.41, 5.74) is 0. The quantitative estimate of drug-likeness (QED) is 0.0299. The summed E-state index contributed by atoms with van der Waals surface area (Å²) in [4.78, 5) is 11.7. The van der Waals surface area contributed by atoms with Gasteiger partial charge in [-0.2, -0.15) is 8.78 Å². The lowest BCUT2D eigenvalue weighted by Gasteiger charge is -2.09. The molecule has 0 heterocycles. The fraction of sp³-hybridized carbons (Fsp3) is 0.879. The van der Waals surface area contributed by atoms with Crippen molar-refractivity contribution >= 4 is 5.97 Å². The summed E-state index contributed by atoms with van der Waals surface area (Å²) >= 11 is 0. The Labute approximate surface area is 522 Å². The largest absolute Gasteiger partial charge is 0.420 e. The predicted molar refractivity (Wildman–Crippen MR) is 308 cm³/mol. The van der Waals surface area contributed by atoms with E-state index in [1.807, 2.05) is 0 Å². The van der Waals surface area contributed by atoms with Gasteiger partial charge in [-0.3, -0.25) is 4.79 Å². The lowest BCUT2D eigenvalue weighted by Crippen LogP contribution is -2.16. The van der Waals surface area contributed by atoms with Crippen LogP contribution in [0.15, 0.2) is 6.07 Å². The van der Waals surface area contributed by atoms with Crippen molar-refractivity contribution in [3.05, 3.63) is 29.3 Å². The summed E-state index contributed by atoms with van der Waals surface area (Å²) in [7, 11) is 1.64. The van der Waals surface area contributed by atoms with Crippen LogP contribution in [0.2, 0.25) is 0 Å². The second kappa shape index (κ2) is 71.3. The number of rotatable bonds is 76. The molecule has 31 heteroatoms. The maximum absolute atomic E-state index is 13.6. The van der Waals surface area contributed by atoms with Crippen LogP contribution in [-0.4, -0.2) is 337 Å². The van der Waals surface area contributed by atoms with Crippen LogP contribution >= 0.6 is 0 Å². The van der Waals surface area contributed by atoms with Gasteiger partial charge in [-0.15, -0.1) is 0 Å². The van der Waals surface area contributed by atoms with Crippen LogP contribution in [-0.2, 0) is 123 Å². The minimum atomic E-state index is -1.80. The number of halogens is 4. The number of benzene rings is 1. The van der Waals surface area contributed by atoms with Gasteiger partial charge in [0.15, 0.2) is 11.6 Å². The Morgan fingerprint density at radius 3 is 0.517 bits per heavy atom. The van der Waals surface area contributed by atoms with Gasteiger partial charge in [0.2, 0.25) is 17.4 Å². The van der Waals surface area contributed by atoms with E-state index in [0.29, 0.717) is 304 Å². The molecule has 0 amide bonds. The minimum absolute atomic E-state index is 0.0164. The highest BCUT2D eigenvalue weighted by Gasteiger charge is 2.23. The maximum Gasteiger partial charge on any atom is 0.313 e. The van der Waals surface area contributed by atoms with Crippen molar-refractivity contribution in [2.45, 2.75) is 6.42 Å². The molecule has 27 nitrogen and oxygen atoms in total. The van der Waals surface area contributed by atoms with Crippen molar-refractivity contribution in [1.82, 2.24) is 0 Å². The molecule has 0 aliphatic rings. The number of hydrogen-bond donors (Lipinski definition) is 0. The molecule has 1 aromatic carbocycles. The summed E-state index contributed by atoms with van der Waals surface area (Å²) < 4.78 is 194. The van der Waals surface area contributed by atoms with Crippen LogP contribution in [0, 0.1) is 23.3 Å². The predicted octanol–water partition coefficient (Wildman–Crippen LogP) is 2.58. The average molecular weight is 1310 g/mol. The van der Waals surface area contributed by atoms with Gasteiger partial charge in [-0.25, -0.2) is 8.78 Å². The van der Waals surface area contributed by atoms with E-state index in [-0.39, 0.29) is 25.9 Å².